The van der Waals surface area contributed by atoms with Gasteiger partial charge in [-0.25, -0.2) is 0 Å². The van der Waals surface area contributed by atoms with E-state index < -0.39 is 12.1 Å². The lowest BCUT2D eigenvalue weighted by Crippen LogP contribution is -2.45. The van der Waals surface area contributed by atoms with Crippen LogP contribution in [0.4, 0.5) is 0 Å². The molecule has 0 aromatic carbocycles. The van der Waals surface area contributed by atoms with Crippen LogP contribution in [0, 0.1) is 0 Å². The molecule has 0 aliphatic heterocycles. The Bertz CT molecular complexity index is 1440. The average Bonchev–Trinajstić information content (AvgIpc) is 3.51. The predicted octanol–water partition coefficient (Wildman–Crippen LogP) is 25.6. The Hall–Kier alpha value is -2.18. The zero-order valence-electron chi connectivity index (χ0n) is 58.1. The summed E-state index contributed by atoms with van der Waals surface area (Å²) in [5.74, 6) is -0.0474. The van der Waals surface area contributed by atoms with Crippen LogP contribution in [-0.4, -0.2) is 47.4 Å². The SMILES string of the molecule is CCCCCCCCC/C=C\CCCCCCCCCC(=O)OCCCCCCCCCCCCCCC/C=C\C/C=C\CCCCCCCCCCCCCCCCCCCC(=O)NC(CO)C(O)/C=C/CCCCCCCCCCCCCC. The van der Waals surface area contributed by atoms with E-state index in [-0.39, 0.29) is 18.5 Å². The fourth-order valence-electron chi connectivity index (χ4n) is 12.1. The molecule has 0 fully saturated rings. The maximum absolute atomic E-state index is 12.5. The first kappa shape index (κ1) is 83.8. The Morgan fingerprint density at radius 3 is 0.895 bits per heavy atom. The summed E-state index contributed by atoms with van der Waals surface area (Å²) in [6, 6.07) is -0.626. The van der Waals surface area contributed by atoms with Gasteiger partial charge in [-0.05, 0) is 89.9 Å². The number of hydrogen-bond acceptors (Lipinski definition) is 5. The molecule has 0 radical (unpaired) electrons. The average molecular weight is 1210 g/mol. The van der Waals surface area contributed by atoms with Gasteiger partial charge in [0.2, 0.25) is 5.91 Å². The molecular weight excluding hydrogens is 1050 g/mol. The zero-order chi connectivity index (χ0) is 62.0. The molecule has 0 saturated carbocycles. The molecular formula is C80H151NO5. The number of unbranched alkanes of at least 4 members (excludes halogenated alkanes) is 56. The van der Waals surface area contributed by atoms with Gasteiger partial charge in [0.25, 0.3) is 0 Å². The fraction of sp³-hybridized carbons (Fsp3) is 0.875. The first-order valence-electron chi connectivity index (χ1n) is 38.9. The number of ether oxygens (including phenoxy) is 1. The number of aliphatic hydroxyl groups is 2. The Balaban J connectivity index is 3.36. The van der Waals surface area contributed by atoms with Crippen molar-refractivity contribution < 1.29 is 24.5 Å². The van der Waals surface area contributed by atoms with E-state index in [0.717, 1.165) is 51.4 Å². The van der Waals surface area contributed by atoms with E-state index in [1.807, 2.05) is 6.08 Å². The van der Waals surface area contributed by atoms with Gasteiger partial charge in [-0.1, -0.05) is 371 Å². The maximum atomic E-state index is 12.5. The van der Waals surface area contributed by atoms with Crippen LogP contribution in [0.3, 0.4) is 0 Å². The Labute approximate surface area is 537 Å². The van der Waals surface area contributed by atoms with Crippen LogP contribution < -0.4 is 5.32 Å². The quantitative estimate of drug-likeness (QED) is 0.0320. The Kier molecular flexibility index (Phi) is 73.4. The minimum atomic E-state index is -0.842. The molecule has 0 bridgehead atoms. The van der Waals surface area contributed by atoms with Crippen LogP contribution in [0.15, 0.2) is 48.6 Å². The molecule has 0 heterocycles. The second kappa shape index (κ2) is 75.3. The van der Waals surface area contributed by atoms with Crippen LogP contribution in [0.25, 0.3) is 0 Å². The van der Waals surface area contributed by atoms with E-state index >= 15 is 0 Å². The molecule has 0 rings (SSSR count). The normalized spacial score (nSPS) is 12.7. The van der Waals surface area contributed by atoms with Crippen molar-refractivity contribution in [2.45, 2.75) is 437 Å². The third-order valence-corrected chi connectivity index (χ3v) is 18.1. The second-order valence-corrected chi connectivity index (χ2v) is 26.7. The molecule has 0 aliphatic carbocycles. The topological polar surface area (TPSA) is 95.9 Å². The number of amides is 1. The molecule has 0 aromatic heterocycles. The van der Waals surface area contributed by atoms with E-state index in [1.54, 1.807) is 6.08 Å². The van der Waals surface area contributed by atoms with Gasteiger partial charge in [-0.3, -0.25) is 9.59 Å². The molecule has 6 nitrogen and oxygen atoms in total. The summed E-state index contributed by atoms with van der Waals surface area (Å²) in [7, 11) is 0. The van der Waals surface area contributed by atoms with Crippen molar-refractivity contribution in [3.05, 3.63) is 48.6 Å². The summed E-state index contributed by atoms with van der Waals surface area (Å²) in [5.41, 5.74) is 0. The van der Waals surface area contributed by atoms with E-state index in [0.29, 0.717) is 19.4 Å². The highest BCUT2D eigenvalue weighted by Gasteiger charge is 2.18. The van der Waals surface area contributed by atoms with E-state index in [9.17, 15) is 19.8 Å². The van der Waals surface area contributed by atoms with Crippen molar-refractivity contribution in [3.8, 4) is 0 Å². The van der Waals surface area contributed by atoms with Crippen molar-refractivity contribution in [2.75, 3.05) is 13.2 Å². The highest BCUT2D eigenvalue weighted by atomic mass is 16.5. The summed E-state index contributed by atoms with van der Waals surface area (Å²) in [6.07, 6.45) is 99.5. The molecule has 6 heteroatoms. The van der Waals surface area contributed by atoms with Crippen LogP contribution in [0.2, 0.25) is 0 Å². The van der Waals surface area contributed by atoms with Crippen molar-refractivity contribution >= 4 is 11.9 Å². The highest BCUT2D eigenvalue weighted by Crippen LogP contribution is 2.19. The Morgan fingerprint density at radius 2 is 0.581 bits per heavy atom. The Morgan fingerprint density at radius 1 is 0.326 bits per heavy atom. The first-order chi connectivity index (χ1) is 42.5. The van der Waals surface area contributed by atoms with Crippen LogP contribution in [0.1, 0.15) is 425 Å². The third kappa shape index (κ3) is 70.9. The van der Waals surface area contributed by atoms with Gasteiger partial charge in [0, 0.05) is 12.8 Å². The molecule has 506 valence electrons. The van der Waals surface area contributed by atoms with Gasteiger partial charge < -0.3 is 20.3 Å². The zero-order valence-corrected chi connectivity index (χ0v) is 58.1. The van der Waals surface area contributed by atoms with Gasteiger partial charge in [-0.15, -0.1) is 0 Å². The smallest absolute Gasteiger partial charge is 0.305 e. The van der Waals surface area contributed by atoms with E-state index in [1.165, 1.54) is 347 Å². The molecule has 0 spiro atoms. The summed E-state index contributed by atoms with van der Waals surface area (Å²) in [6.45, 7) is 4.93. The summed E-state index contributed by atoms with van der Waals surface area (Å²) in [4.78, 5) is 24.6. The second-order valence-electron chi connectivity index (χ2n) is 26.7. The monoisotopic (exact) mass is 1210 g/mol. The van der Waals surface area contributed by atoms with Gasteiger partial charge in [-0.2, -0.15) is 0 Å². The number of esters is 1. The number of hydrogen-bond donors (Lipinski definition) is 3. The first-order valence-corrected chi connectivity index (χ1v) is 38.9. The number of carbonyl (C=O) groups is 2. The minimum Gasteiger partial charge on any atom is -0.466 e. The number of allylic oxidation sites excluding steroid dienone is 7. The van der Waals surface area contributed by atoms with Crippen molar-refractivity contribution in [2.24, 2.45) is 0 Å². The van der Waals surface area contributed by atoms with Crippen molar-refractivity contribution in [3.63, 3.8) is 0 Å². The molecule has 86 heavy (non-hydrogen) atoms. The molecule has 0 aliphatic rings. The standard InChI is InChI=1S/C80H151NO5/c1-3-5-7-9-11-13-15-17-19-20-43-46-50-54-58-62-66-70-74-80(85)86-75-71-67-63-59-55-51-47-44-41-39-37-35-33-31-29-27-25-23-21-22-24-26-28-30-32-34-36-38-40-42-45-49-53-57-61-65-69-73-79(84)81-77(76-82)78(83)72-68-64-60-56-52-48-18-16-14-12-10-8-6-4-2/h19-21,23,27,29,68,72,77-78,82-83H,3-18,22,24-26,28,30-67,69-71,73-76H2,1-2H3,(H,81,84)/b20-19-,23-21-,29-27-,72-68+. The van der Waals surface area contributed by atoms with Crippen LogP contribution >= 0.6 is 0 Å². The van der Waals surface area contributed by atoms with Gasteiger partial charge in [0.15, 0.2) is 0 Å². The van der Waals surface area contributed by atoms with E-state index in [4.69, 9.17) is 4.74 Å². The number of nitrogens with one attached hydrogen (secondary N) is 1. The fourth-order valence-corrected chi connectivity index (χ4v) is 12.1. The molecule has 2 unspecified atom stereocenters. The maximum Gasteiger partial charge on any atom is 0.305 e. The summed E-state index contributed by atoms with van der Waals surface area (Å²) >= 11 is 0. The molecule has 2 atom stereocenters. The lowest BCUT2D eigenvalue weighted by atomic mass is 10.0. The number of rotatable bonds is 73. The summed E-state index contributed by atoms with van der Waals surface area (Å²) < 4.78 is 5.51. The molecule has 1 amide bonds. The van der Waals surface area contributed by atoms with Crippen LogP contribution in [-0.2, 0) is 14.3 Å². The minimum absolute atomic E-state index is 0.0161. The van der Waals surface area contributed by atoms with Crippen LogP contribution in [0.5, 0.6) is 0 Å². The van der Waals surface area contributed by atoms with Gasteiger partial charge >= 0.3 is 5.97 Å². The predicted molar refractivity (Wildman–Crippen MR) is 379 cm³/mol. The largest absolute Gasteiger partial charge is 0.466 e. The lowest BCUT2D eigenvalue weighted by Gasteiger charge is -2.20. The molecule has 0 saturated heterocycles. The van der Waals surface area contributed by atoms with Gasteiger partial charge in [0.1, 0.15) is 0 Å². The number of aliphatic hydroxyl groups excluding tert-OH is 2. The lowest BCUT2D eigenvalue weighted by molar-refractivity contribution is -0.143. The van der Waals surface area contributed by atoms with E-state index in [2.05, 4.69) is 55.6 Å². The molecule has 0 aromatic rings. The third-order valence-electron chi connectivity index (χ3n) is 18.1. The van der Waals surface area contributed by atoms with Gasteiger partial charge in [0.05, 0.1) is 25.4 Å². The number of carbonyl (C=O) groups excluding carboxylic acids is 2. The highest BCUT2D eigenvalue weighted by molar-refractivity contribution is 5.76. The summed E-state index contributed by atoms with van der Waals surface area (Å²) in [5, 5.41) is 23.2. The molecule has 3 N–H and O–H groups in total. The van der Waals surface area contributed by atoms with Crippen molar-refractivity contribution in [1.82, 2.24) is 5.32 Å². The van der Waals surface area contributed by atoms with Crippen molar-refractivity contribution in [1.29, 1.82) is 0 Å².